The molecule has 0 unspecified atom stereocenters. The summed E-state index contributed by atoms with van der Waals surface area (Å²) >= 11 is 0. The zero-order valence-corrected chi connectivity index (χ0v) is 15.7. The number of aryl methyl sites for hydroxylation is 1. The molecule has 1 fully saturated rings. The van der Waals surface area contributed by atoms with Crippen molar-refractivity contribution in [2.45, 2.75) is 45.1 Å². The van der Waals surface area contributed by atoms with Gasteiger partial charge in [0.1, 0.15) is 11.6 Å². The topological polar surface area (TPSA) is 80.9 Å². The number of carbonyl (C=O) groups excluding carboxylic acids is 1. The Hall–Kier alpha value is -2.60. The van der Waals surface area contributed by atoms with Crippen LogP contribution in [0.15, 0.2) is 35.0 Å². The molecule has 140 valence electrons. The third-order valence-corrected chi connectivity index (χ3v) is 5.46. The van der Waals surface area contributed by atoms with Crippen molar-refractivity contribution in [2.75, 3.05) is 7.05 Å². The van der Waals surface area contributed by atoms with E-state index in [0.29, 0.717) is 29.9 Å². The molecule has 3 aromatic rings. The number of aromatic nitrogens is 3. The van der Waals surface area contributed by atoms with Crippen molar-refractivity contribution in [2.24, 2.45) is 5.92 Å². The molecular weight excluding hydrogens is 340 g/mol. The van der Waals surface area contributed by atoms with E-state index < -0.39 is 0 Å². The van der Waals surface area contributed by atoms with Gasteiger partial charge in [0.15, 0.2) is 11.7 Å². The summed E-state index contributed by atoms with van der Waals surface area (Å²) < 4.78 is 5.60. The van der Waals surface area contributed by atoms with Gasteiger partial charge in [0.25, 0.3) is 0 Å². The molecule has 1 N–H and O–H groups in total. The molecule has 6 nitrogen and oxygen atoms in total. The Bertz CT molecular complexity index is 958. The second-order valence-corrected chi connectivity index (χ2v) is 7.28. The first kappa shape index (κ1) is 17.8. The highest BCUT2D eigenvalue weighted by atomic mass is 16.4. The number of nitrogens with one attached hydrogen (secondary N) is 1. The Morgan fingerprint density at radius 3 is 2.70 bits per heavy atom. The Morgan fingerprint density at radius 1 is 1.19 bits per heavy atom. The summed E-state index contributed by atoms with van der Waals surface area (Å²) in [5.41, 5.74) is 1.74. The molecule has 1 aliphatic rings. The maximum atomic E-state index is 12.7. The molecule has 0 radical (unpaired) electrons. The molecule has 2 aromatic heterocycles. The Kier molecular flexibility index (Phi) is 4.99. The molecule has 4 rings (SSSR count). The van der Waals surface area contributed by atoms with Gasteiger partial charge in [-0.15, -0.1) is 0 Å². The van der Waals surface area contributed by atoms with Crippen molar-refractivity contribution in [1.82, 2.24) is 20.3 Å². The third-order valence-electron chi connectivity index (χ3n) is 5.46. The first-order valence-electron chi connectivity index (χ1n) is 9.51. The predicted molar refractivity (Wildman–Crippen MR) is 103 cm³/mol. The van der Waals surface area contributed by atoms with Crippen molar-refractivity contribution in [3.8, 4) is 11.3 Å². The van der Waals surface area contributed by atoms with E-state index in [1.54, 1.807) is 12.4 Å². The van der Waals surface area contributed by atoms with Crippen LogP contribution in [0.1, 0.15) is 37.4 Å². The van der Waals surface area contributed by atoms with E-state index in [1.807, 2.05) is 32.2 Å². The van der Waals surface area contributed by atoms with Crippen LogP contribution in [0.4, 0.5) is 0 Å². The van der Waals surface area contributed by atoms with E-state index in [9.17, 15) is 4.79 Å². The Labute approximate surface area is 158 Å². The van der Waals surface area contributed by atoms with Gasteiger partial charge in [-0.25, -0.2) is 15.0 Å². The predicted octanol–water partition coefficient (Wildman–Crippen LogP) is 3.48. The zero-order valence-electron chi connectivity index (χ0n) is 15.7. The van der Waals surface area contributed by atoms with Gasteiger partial charge in [-0.1, -0.05) is 12.1 Å². The second-order valence-electron chi connectivity index (χ2n) is 7.28. The van der Waals surface area contributed by atoms with E-state index in [2.05, 4.69) is 20.3 Å². The van der Waals surface area contributed by atoms with E-state index in [1.165, 1.54) is 0 Å². The van der Waals surface area contributed by atoms with Crippen LogP contribution in [0.25, 0.3) is 22.2 Å². The van der Waals surface area contributed by atoms with Gasteiger partial charge >= 0.3 is 0 Å². The average Bonchev–Trinajstić information content (AvgIpc) is 3.14. The summed E-state index contributed by atoms with van der Waals surface area (Å²) in [5, 5.41) is 4.25. The number of hydrogen-bond donors (Lipinski definition) is 1. The maximum absolute atomic E-state index is 12.7. The summed E-state index contributed by atoms with van der Waals surface area (Å²) in [6.45, 7) is 1.82. The van der Waals surface area contributed by atoms with Crippen LogP contribution < -0.4 is 5.32 Å². The number of nitrogens with zero attached hydrogens (tertiary/aromatic N) is 3. The number of Topliss-reactive ketones (excluding diaryl/α,β-unsaturated/α-hetero) is 1. The van der Waals surface area contributed by atoms with Crippen LogP contribution in [0, 0.1) is 12.8 Å². The van der Waals surface area contributed by atoms with E-state index in [0.717, 1.165) is 42.1 Å². The van der Waals surface area contributed by atoms with E-state index in [4.69, 9.17) is 4.42 Å². The molecule has 0 bridgehead atoms. The number of fused-ring (bicyclic) bond motifs is 1. The number of ketones is 1. The van der Waals surface area contributed by atoms with Crippen LogP contribution in [0.3, 0.4) is 0 Å². The Balaban J connectivity index is 1.51. The first-order chi connectivity index (χ1) is 13.1. The van der Waals surface area contributed by atoms with Gasteiger partial charge in [0, 0.05) is 36.0 Å². The molecule has 1 aliphatic carbocycles. The van der Waals surface area contributed by atoms with E-state index >= 15 is 0 Å². The largest absolute Gasteiger partial charge is 0.441 e. The Morgan fingerprint density at radius 2 is 2.00 bits per heavy atom. The van der Waals surface area contributed by atoms with Crippen molar-refractivity contribution < 1.29 is 9.21 Å². The molecule has 1 aromatic carbocycles. The molecule has 0 saturated heterocycles. The molecule has 27 heavy (non-hydrogen) atoms. The second kappa shape index (κ2) is 7.56. The highest BCUT2D eigenvalue weighted by Crippen LogP contribution is 2.27. The fourth-order valence-corrected chi connectivity index (χ4v) is 3.80. The van der Waals surface area contributed by atoms with E-state index in [-0.39, 0.29) is 11.7 Å². The summed E-state index contributed by atoms with van der Waals surface area (Å²) in [5.74, 6) is 2.33. The monoisotopic (exact) mass is 364 g/mol. The van der Waals surface area contributed by atoms with Gasteiger partial charge < -0.3 is 9.73 Å². The quantitative estimate of drug-likeness (QED) is 0.746. The van der Waals surface area contributed by atoms with Crippen LogP contribution >= 0.6 is 0 Å². The van der Waals surface area contributed by atoms with Crippen LogP contribution in [0.2, 0.25) is 0 Å². The van der Waals surface area contributed by atoms with Crippen LogP contribution in [0.5, 0.6) is 0 Å². The number of carbonyl (C=O) groups is 1. The SMILES string of the molecule is CNC1CCC(C(=O)Cc2ncc3ccc(-c4cnc(C)o4)cc3n2)CC1. The minimum absolute atomic E-state index is 0.136. The van der Waals surface area contributed by atoms with Crippen molar-refractivity contribution in [1.29, 1.82) is 0 Å². The van der Waals surface area contributed by atoms with Crippen LogP contribution in [-0.4, -0.2) is 33.8 Å². The molecule has 0 amide bonds. The lowest BCUT2D eigenvalue weighted by Gasteiger charge is -2.27. The number of oxazole rings is 1. The normalized spacial score (nSPS) is 20.1. The fraction of sp³-hybridized carbons (Fsp3) is 0.429. The fourth-order valence-electron chi connectivity index (χ4n) is 3.80. The molecule has 6 heteroatoms. The lowest BCUT2D eigenvalue weighted by molar-refractivity contribution is -0.123. The standard InChI is InChI=1S/C21H24N4O2/c1-13-23-12-20(27-13)15-3-4-16-11-24-21(25-18(16)9-15)10-19(26)14-5-7-17(22-2)8-6-14/h3-4,9,11-12,14,17,22H,5-8,10H2,1-2H3. The first-order valence-corrected chi connectivity index (χ1v) is 9.51. The molecule has 0 aliphatic heterocycles. The molecule has 0 spiro atoms. The lowest BCUT2D eigenvalue weighted by Crippen LogP contribution is -2.33. The summed E-state index contributed by atoms with van der Waals surface area (Å²) in [6.07, 6.45) is 7.83. The lowest BCUT2D eigenvalue weighted by atomic mass is 9.82. The summed E-state index contributed by atoms with van der Waals surface area (Å²) in [4.78, 5) is 25.8. The van der Waals surface area contributed by atoms with Gasteiger partial charge in [-0.3, -0.25) is 4.79 Å². The van der Waals surface area contributed by atoms with Crippen LogP contribution in [-0.2, 0) is 11.2 Å². The third kappa shape index (κ3) is 3.90. The summed E-state index contributed by atoms with van der Waals surface area (Å²) in [7, 11) is 1.99. The number of benzene rings is 1. The zero-order chi connectivity index (χ0) is 18.8. The minimum atomic E-state index is 0.136. The smallest absolute Gasteiger partial charge is 0.191 e. The minimum Gasteiger partial charge on any atom is -0.441 e. The van der Waals surface area contributed by atoms with Crippen molar-refractivity contribution >= 4 is 16.7 Å². The molecular formula is C21H24N4O2. The summed E-state index contributed by atoms with van der Waals surface area (Å²) in [6, 6.07) is 6.44. The maximum Gasteiger partial charge on any atom is 0.191 e. The highest BCUT2D eigenvalue weighted by molar-refractivity contribution is 5.85. The van der Waals surface area contributed by atoms with Gasteiger partial charge in [0.05, 0.1) is 18.1 Å². The highest BCUT2D eigenvalue weighted by Gasteiger charge is 2.26. The number of hydrogen-bond acceptors (Lipinski definition) is 6. The molecule has 0 atom stereocenters. The van der Waals surface area contributed by atoms with Gasteiger partial charge in [0.2, 0.25) is 0 Å². The van der Waals surface area contributed by atoms with Gasteiger partial charge in [-0.2, -0.15) is 0 Å². The molecule has 2 heterocycles. The van der Waals surface area contributed by atoms with Crippen molar-refractivity contribution in [3.05, 3.63) is 42.3 Å². The van der Waals surface area contributed by atoms with Gasteiger partial charge in [-0.05, 0) is 38.8 Å². The average molecular weight is 364 g/mol. The van der Waals surface area contributed by atoms with Crippen molar-refractivity contribution in [3.63, 3.8) is 0 Å². The number of rotatable bonds is 5. The molecule has 1 saturated carbocycles.